The molecule has 25 heavy (non-hydrogen) atoms. The Kier molecular flexibility index (Phi) is 6.70. The van der Waals surface area contributed by atoms with Crippen molar-refractivity contribution in [1.82, 2.24) is 20.5 Å². The first-order chi connectivity index (χ1) is 12.2. The van der Waals surface area contributed by atoms with Crippen LogP contribution >= 0.6 is 11.3 Å². The zero-order chi connectivity index (χ0) is 17.6. The topological polar surface area (TPSA) is 52.6 Å². The van der Waals surface area contributed by atoms with E-state index in [4.69, 9.17) is 4.99 Å². The van der Waals surface area contributed by atoms with Gasteiger partial charge in [0.15, 0.2) is 5.96 Å². The average molecular weight is 364 g/mol. The second-order valence-corrected chi connectivity index (χ2v) is 8.62. The molecule has 2 fully saturated rings. The van der Waals surface area contributed by atoms with Crippen LogP contribution in [0, 0.1) is 13.8 Å². The number of aliphatic imine (C=N–C) groups is 1. The summed E-state index contributed by atoms with van der Waals surface area (Å²) in [6, 6.07) is 1.40. The molecule has 0 unspecified atom stereocenters. The molecule has 1 aliphatic heterocycles. The van der Waals surface area contributed by atoms with Gasteiger partial charge in [0, 0.05) is 36.6 Å². The molecule has 0 spiro atoms. The average Bonchev–Trinajstić information content (AvgIpc) is 3.24. The van der Waals surface area contributed by atoms with E-state index in [1.165, 1.54) is 56.5 Å². The Bertz CT molecular complexity index is 549. The van der Waals surface area contributed by atoms with Crippen LogP contribution in [0.4, 0.5) is 0 Å². The van der Waals surface area contributed by atoms with Crippen LogP contribution < -0.4 is 10.6 Å². The van der Waals surface area contributed by atoms with Crippen LogP contribution in [0.25, 0.3) is 0 Å². The molecule has 0 amide bonds. The lowest BCUT2D eigenvalue weighted by Crippen LogP contribution is -2.50. The highest BCUT2D eigenvalue weighted by molar-refractivity contribution is 7.11. The molecule has 0 aromatic carbocycles. The predicted molar refractivity (Wildman–Crippen MR) is 106 cm³/mol. The molecule has 2 aliphatic rings. The molecule has 1 aromatic heterocycles. The van der Waals surface area contributed by atoms with Crippen LogP contribution in [0.1, 0.15) is 61.0 Å². The monoisotopic (exact) mass is 363 g/mol. The van der Waals surface area contributed by atoms with Gasteiger partial charge in [0.1, 0.15) is 5.01 Å². The first-order valence-electron chi connectivity index (χ1n) is 9.87. The van der Waals surface area contributed by atoms with Gasteiger partial charge in [-0.2, -0.15) is 0 Å². The Morgan fingerprint density at radius 1 is 1.20 bits per heavy atom. The van der Waals surface area contributed by atoms with E-state index in [9.17, 15) is 0 Å². The summed E-state index contributed by atoms with van der Waals surface area (Å²) in [4.78, 5) is 13.4. The number of nitrogens with zero attached hydrogens (tertiary/aromatic N) is 3. The van der Waals surface area contributed by atoms with Gasteiger partial charge in [0.25, 0.3) is 0 Å². The van der Waals surface area contributed by atoms with Crippen LogP contribution in [-0.2, 0) is 6.54 Å². The summed E-state index contributed by atoms with van der Waals surface area (Å²) in [6.45, 7) is 10.3. The summed E-state index contributed by atoms with van der Waals surface area (Å²) in [6.07, 6.45) is 8.11. The maximum Gasteiger partial charge on any atom is 0.191 e. The molecular formula is C19H33N5S. The van der Waals surface area contributed by atoms with Crippen molar-refractivity contribution in [3.63, 3.8) is 0 Å². The second kappa shape index (κ2) is 8.99. The molecule has 5 nitrogen and oxygen atoms in total. The third-order valence-electron chi connectivity index (χ3n) is 5.50. The number of hydrogen-bond acceptors (Lipinski definition) is 4. The van der Waals surface area contributed by atoms with Gasteiger partial charge < -0.3 is 15.5 Å². The Morgan fingerprint density at radius 3 is 2.52 bits per heavy atom. The maximum atomic E-state index is 4.76. The van der Waals surface area contributed by atoms with E-state index in [0.717, 1.165) is 29.2 Å². The summed E-state index contributed by atoms with van der Waals surface area (Å²) in [5, 5.41) is 8.14. The van der Waals surface area contributed by atoms with Crippen LogP contribution in [0.15, 0.2) is 4.99 Å². The minimum absolute atomic E-state index is 0.537. The molecule has 0 bridgehead atoms. The highest BCUT2D eigenvalue weighted by Crippen LogP contribution is 2.26. The standard InChI is InChI=1S/C19H33N5S/c1-4-20-19(21-13-18-22-14(2)15(3)25-18)23-16-9-11-24(12-10-16)17-7-5-6-8-17/h16-17H,4-13H2,1-3H3,(H2,20,21,23). The Balaban J connectivity index is 1.50. The quantitative estimate of drug-likeness (QED) is 0.623. The van der Waals surface area contributed by atoms with E-state index < -0.39 is 0 Å². The largest absolute Gasteiger partial charge is 0.357 e. The Morgan fingerprint density at radius 2 is 1.92 bits per heavy atom. The fourth-order valence-electron chi connectivity index (χ4n) is 3.95. The number of thiazole rings is 1. The van der Waals surface area contributed by atoms with Crippen molar-refractivity contribution in [3.8, 4) is 0 Å². The minimum Gasteiger partial charge on any atom is -0.357 e. The third kappa shape index (κ3) is 5.17. The van der Waals surface area contributed by atoms with Gasteiger partial charge in [-0.05, 0) is 46.5 Å². The third-order valence-corrected chi connectivity index (χ3v) is 6.56. The summed E-state index contributed by atoms with van der Waals surface area (Å²) < 4.78 is 0. The zero-order valence-electron chi connectivity index (χ0n) is 16.0. The van der Waals surface area contributed by atoms with Crippen molar-refractivity contribution in [1.29, 1.82) is 0 Å². The fourth-order valence-corrected chi connectivity index (χ4v) is 4.80. The summed E-state index contributed by atoms with van der Waals surface area (Å²) in [5.74, 6) is 0.937. The number of aromatic nitrogens is 1. The molecule has 1 saturated carbocycles. The van der Waals surface area contributed by atoms with Gasteiger partial charge in [-0.15, -0.1) is 11.3 Å². The van der Waals surface area contributed by atoms with E-state index in [0.29, 0.717) is 12.6 Å². The van der Waals surface area contributed by atoms with Crippen molar-refractivity contribution in [2.45, 2.75) is 77.9 Å². The molecule has 3 rings (SSSR count). The molecular weight excluding hydrogens is 330 g/mol. The van der Waals surface area contributed by atoms with E-state index in [1.54, 1.807) is 11.3 Å². The number of piperidine rings is 1. The summed E-state index contributed by atoms with van der Waals surface area (Å²) in [7, 11) is 0. The molecule has 140 valence electrons. The van der Waals surface area contributed by atoms with E-state index >= 15 is 0 Å². The summed E-state index contributed by atoms with van der Waals surface area (Å²) in [5.41, 5.74) is 1.13. The number of guanidine groups is 1. The van der Waals surface area contributed by atoms with Crippen molar-refractivity contribution >= 4 is 17.3 Å². The summed E-state index contributed by atoms with van der Waals surface area (Å²) >= 11 is 1.75. The lowest BCUT2D eigenvalue weighted by Gasteiger charge is -2.36. The molecule has 2 heterocycles. The predicted octanol–water partition coefficient (Wildman–Crippen LogP) is 3.22. The molecule has 0 atom stereocenters. The van der Waals surface area contributed by atoms with Crippen molar-refractivity contribution in [2.75, 3.05) is 19.6 Å². The second-order valence-electron chi connectivity index (χ2n) is 7.34. The number of likely N-dealkylation sites (tertiary alicyclic amines) is 1. The SMILES string of the molecule is CCNC(=NCc1nc(C)c(C)s1)NC1CCN(C2CCCC2)CC1. The van der Waals surface area contributed by atoms with Gasteiger partial charge in [-0.1, -0.05) is 12.8 Å². The van der Waals surface area contributed by atoms with Gasteiger partial charge in [0.05, 0.1) is 12.2 Å². The molecule has 0 radical (unpaired) electrons. The number of hydrogen-bond donors (Lipinski definition) is 2. The molecule has 1 aliphatic carbocycles. The number of nitrogens with one attached hydrogen (secondary N) is 2. The minimum atomic E-state index is 0.537. The molecule has 1 saturated heterocycles. The molecule has 1 aromatic rings. The smallest absolute Gasteiger partial charge is 0.191 e. The lowest BCUT2D eigenvalue weighted by molar-refractivity contribution is 0.150. The van der Waals surface area contributed by atoms with Gasteiger partial charge in [-0.3, -0.25) is 0 Å². The fraction of sp³-hybridized carbons (Fsp3) is 0.789. The van der Waals surface area contributed by atoms with Gasteiger partial charge in [-0.25, -0.2) is 9.98 Å². The number of aryl methyl sites for hydroxylation is 2. The molecule has 6 heteroatoms. The van der Waals surface area contributed by atoms with Crippen LogP contribution in [0.5, 0.6) is 0 Å². The Labute approximate surface area is 156 Å². The zero-order valence-corrected chi connectivity index (χ0v) is 16.8. The van der Waals surface area contributed by atoms with Gasteiger partial charge >= 0.3 is 0 Å². The highest BCUT2D eigenvalue weighted by atomic mass is 32.1. The van der Waals surface area contributed by atoms with E-state index in [2.05, 4.69) is 41.3 Å². The Hall–Kier alpha value is -1.14. The van der Waals surface area contributed by atoms with Crippen LogP contribution in [0.2, 0.25) is 0 Å². The van der Waals surface area contributed by atoms with Crippen LogP contribution in [0.3, 0.4) is 0 Å². The first-order valence-corrected chi connectivity index (χ1v) is 10.7. The molecule has 2 N–H and O–H groups in total. The van der Waals surface area contributed by atoms with E-state index in [-0.39, 0.29) is 0 Å². The van der Waals surface area contributed by atoms with Crippen molar-refractivity contribution < 1.29 is 0 Å². The van der Waals surface area contributed by atoms with E-state index in [1.807, 2.05) is 0 Å². The van der Waals surface area contributed by atoms with Crippen molar-refractivity contribution in [3.05, 3.63) is 15.6 Å². The highest BCUT2D eigenvalue weighted by Gasteiger charge is 2.27. The normalized spacial score (nSPS) is 21.0. The first kappa shape index (κ1) is 18.6. The van der Waals surface area contributed by atoms with Crippen molar-refractivity contribution in [2.24, 2.45) is 4.99 Å². The lowest BCUT2D eigenvalue weighted by atomic mass is 10.0. The number of rotatable bonds is 5. The van der Waals surface area contributed by atoms with Crippen LogP contribution in [-0.4, -0.2) is 47.6 Å². The van der Waals surface area contributed by atoms with Gasteiger partial charge in [0.2, 0.25) is 0 Å². The maximum absolute atomic E-state index is 4.76.